The van der Waals surface area contributed by atoms with Crippen LogP contribution in [0.25, 0.3) is 0 Å². The van der Waals surface area contributed by atoms with E-state index in [1.165, 1.54) is 6.07 Å². The zero-order chi connectivity index (χ0) is 12.4. The van der Waals surface area contributed by atoms with Crippen molar-refractivity contribution in [2.45, 2.75) is 13.3 Å². The van der Waals surface area contributed by atoms with Crippen LogP contribution in [0.3, 0.4) is 0 Å². The molecule has 0 radical (unpaired) electrons. The van der Waals surface area contributed by atoms with Gasteiger partial charge in [-0.2, -0.15) is 0 Å². The van der Waals surface area contributed by atoms with Crippen molar-refractivity contribution < 1.29 is 13.6 Å². The molecular weight excluding hydrogens is 287 g/mol. The maximum absolute atomic E-state index is 13.4. The Morgan fingerprint density at radius 3 is 2.76 bits per heavy atom. The van der Waals surface area contributed by atoms with Crippen LogP contribution in [-0.2, 0) is 6.42 Å². The van der Waals surface area contributed by atoms with E-state index >= 15 is 0 Å². The summed E-state index contributed by atoms with van der Waals surface area (Å²) in [6.45, 7) is 1.76. The van der Waals surface area contributed by atoms with Crippen LogP contribution in [0.4, 0.5) is 4.39 Å². The Hall–Kier alpha value is -1.42. The summed E-state index contributed by atoms with van der Waals surface area (Å²) < 4.78 is 19.4. The minimum Gasteiger partial charge on any atom is -0.458 e. The lowest BCUT2D eigenvalue weighted by molar-refractivity contribution is 0.0964. The fourth-order valence-corrected chi connectivity index (χ4v) is 1.93. The number of Topliss-reactive ketones (excluding diaryl/α,β-unsaturated/α-hetero) is 1. The van der Waals surface area contributed by atoms with Gasteiger partial charge in [0.1, 0.15) is 11.6 Å². The number of benzene rings is 1. The van der Waals surface area contributed by atoms with Crippen molar-refractivity contribution in [2.24, 2.45) is 0 Å². The topological polar surface area (TPSA) is 30.2 Å². The molecule has 1 heterocycles. The Kier molecular flexibility index (Phi) is 3.43. The van der Waals surface area contributed by atoms with Crippen LogP contribution in [0.2, 0.25) is 0 Å². The molecular formula is C13H10BrFO2. The molecule has 0 atom stereocenters. The number of hydrogen-bond donors (Lipinski definition) is 0. The first-order valence-electron chi connectivity index (χ1n) is 5.10. The maximum Gasteiger partial charge on any atom is 0.202 e. The van der Waals surface area contributed by atoms with Gasteiger partial charge in [-0.05, 0) is 42.8 Å². The van der Waals surface area contributed by atoms with Crippen LogP contribution in [0, 0.1) is 12.7 Å². The second kappa shape index (κ2) is 4.84. The molecule has 0 bridgehead atoms. The number of rotatable bonds is 3. The summed E-state index contributed by atoms with van der Waals surface area (Å²) in [5, 5.41) is 0. The monoisotopic (exact) mass is 296 g/mol. The molecule has 2 nitrogen and oxygen atoms in total. The van der Waals surface area contributed by atoms with Crippen molar-refractivity contribution in [3.63, 3.8) is 0 Å². The highest BCUT2D eigenvalue weighted by atomic mass is 79.9. The predicted molar refractivity (Wildman–Crippen MR) is 65.6 cm³/mol. The van der Waals surface area contributed by atoms with Crippen LogP contribution >= 0.6 is 15.9 Å². The lowest BCUT2D eigenvalue weighted by Gasteiger charge is -2.02. The number of aryl methyl sites for hydroxylation is 1. The number of carbonyl (C=O) groups excluding carboxylic acids is 1. The summed E-state index contributed by atoms with van der Waals surface area (Å²) in [4.78, 5) is 11.8. The third-order valence-electron chi connectivity index (χ3n) is 2.37. The van der Waals surface area contributed by atoms with E-state index in [1.807, 2.05) is 0 Å². The first-order chi connectivity index (χ1) is 8.06. The Balaban J connectivity index is 2.21. The van der Waals surface area contributed by atoms with Crippen molar-refractivity contribution in [3.05, 3.63) is 57.7 Å². The van der Waals surface area contributed by atoms with Crippen LogP contribution in [-0.4, -0.2) is 5.78 Å². The Bertz CT molecular complexity index is 560. The zero-order valence-electron chi connectivity index (χ0n) is 9.17. The number of ketones is 1. The summed E-state index contributed by atoms with van der Waals surface area (Å²) in [6, 6.07) is 7.85. The van der Waals surface area contributed by atoms with Gasteiger partial charge in [-0.15, -0.1) is 0 Å². The summed E-state index contributed by atoms with van der Waals surface area (Å²) in [6.07, 6.45) is -0.00176. The Morgan fingerprint density at radius 2 is 2.12 bits per heavy atom. The average Bonchev–Trinajstić information content (AvgIpc) is 2.70. The van der Waals surface area contributed by atoms with Crippen molar-refractivity contribution in [2.75, 3.05) is 0 Å². The van der Waals surface area contributed by atoms with Crippen molar-refractivity contribution in [1.82, 2.24) is 0 Å². The van der Waals surface area contributed by atoms with Crippen molar-refractivity contribution >= 4 is 21.7 Å². The van der Waals surface area contributed by atoms with Crippen molar-refractivity contribution in [3.8, 4) is 0 Å². The zero-order valence-corrected chi connectivity index (χ0v) is 10.8. The summed E-state index contributed by atoms with van der Waals surface area (Å²) in [5.74, 6) is 0.324. The van der Waals surface area contributed by atoms with Gasteiger partial charge in [-0.25, -0.2) is 4.39 Å². The van der Waals surface area contributed by atoms with Gasteiger partial charge in [0.25, 0.3) is 0 Å². The van der Waals surface area contributed by atoms with E-state index in [2.05, 4.69) is 15.9 Å². The Labute approximate surface area is 107 Å². The van der Waals surface area contributed by atoms with Gasteiger partial charge in [-0.3, -0.25) is 4.79 Å². The molecule has 0 N–H and O–H groups in total. The van der Waals surface area contributed by atoms with E-state index < -0.39 is 0 Å². The summed E-state index contributed by atoms with van der Waals surface area (Å²) in [7, 11) is 0. The second-order valence-electron chi connectivity index (χ2n) is 3.75. The largest absolute Gasteiger partial charge is 0.458 e. The molecule has 17 heavy (non-hydrogen) atoms. The van der Waals surface area contributed by atoms with Gasteiger partial charge < -0.3 is 4.42 Å². The van der Waals surface area contributed by atoms with E-state index in [4.69, 9.17) is 4.42 Å². The Morgan fingerprint density at radius 1 is 1.35 bits per heavy atom. The number of hydrogen-bond acceptors (Lipinski definition) is 2. The van der Waals surface area contributed by atoms with E-state index in [9.17, 15) is 9.18 Å². The van der Waals surface area contributed by atoms with Crippen LogP contribution < -0.4 is 0 Å². The maximum atomic E-state index is 13.4. The summed E-state index contributed by atoms with van der Waals surface area (Å²) >= 11 is 3.25. The van der Waals surface area contributed by atoms with Gasteiger partial charge in [-0.1, -0.05) is 15.9 Å². The minimum atomic E-state index is -0.384. The average molecular weight is 297 g/mol. The second-order valence-corrected chi connectivity index (χ2v) is 4.66. The highest BCUT2D eigenvalue weighted by Crippen LogP contribution is 2.18. The SMILES string of the molecule is Cc1ccc(C(=O)Cc2cc(Br)ccc2F)o1. The van der Waals surface area contributed by atoms with E-state index in [0.29, 0.717) is 11.3 Å². The fourth-order valence-electron chi connectivity index (χ4n) is 1.52. The molecule has 0 saturated carbocycles. The third kappa shape index (κ3) is 2.82. The van der Waals surface area contributed by atoms with E-state index in [1.54, 1.807) is 31.2 Å². The molecule has 2 rings (SSSR count). The molecule has 2 aromatic rings. The van der Waals surface area contributed by atoms with Crippen molar-refractivity contribution in [1.29, 1.82) is 0 Å². The number of halogens is 2. The van der Waals surface area contributed by atoms with Gasteiger partial charge in [0.2, 0.25) is 5.78 Å². The molecule has 88 valence electrons. The van der Waals surface area contributed by atoms with Crippen LogP contribution in [0.5, 0.6) is 0 Å². The molecule has 1 aromatic carbocycles. The molecule has 0 aliphatic rings. The molecule has 4 heteroatoms. The normalized spacial score (nSPS) is 10.5. The lowest BCUT2D eigenvalue weighted by Crippen LogP contribution is -2.04. The van der Waals surface area contributed by atoms with Gasteiger partial charge >= 0.3 is 0 Å². The lowest BCUT2D eigenvalue weighted by atomic mass is 10.1. The van der Waals surface area contributed by atoms with E-state index in [-0.39, 0.29) is 23.8 Å². The molecule has 1 aromatic heterocycles. The van der Waals surface area contributed by atoms with Crippen LogP contribution in [0.15, 0.2) is 39.2 Å². The third-order valence-corrected chi connectivity index (χ3v) is 2.87. The number of carbonyl (C=O) groups is 1. The smallest absolute Gasteiger partial charge is 0.202 e. The molecule has 0 fully saturated rings. The van der Waals surface area contributed by atoms with E-state index in [0.717, 1.165) is 4.47 Å². The fraction of sp³-hybridized carbons (Fsp3) is 0.154. The van der Waals surface area contributed by atoms with Crippen LogP contribution in [0.1, 0.15) is 21.9 Å². The molecule has 0 amide bonds. The highest BCUT2D eigenvalue weighted by molar-refractivity contribution is 9.10. The minimum absolute atomic E-state index is 0.00176. The van der Waals surface area contributed by atoms with Gasteiger partial charge in [0, 0.05) is 10.9 Å². The molecule has 0 aliphatic heterocycles. The first-order valence-corrected chi connectivity index (χ1v) is 5.89. The first kappa shape index (κ1) is 12.0. The molecule has 0 unspecified atom stereocenters. The van der Waals surface area contributed by atoms with Gasteiger partial charge in [0.05, 0.1) is 0 Å². The highest BCUT2D eigenvalue weighted by Gasteiger charge is 2.13. The number of furan rings is 1. The summed E-state index contributed by atoms with van der Waals surface area (Å²) in [5.41, 5.74) is 0.360. The molecule has 0 spiro atoms. The quantitative estimate of drug-likeness (QED) is 0.804. The van der Waals surface area contributed by atoms with Gasteiger partial charge in [0.15, 0.2) is 5.76 Å². The predicted octanol–water partition coefficient (Wildman–Crippen LogP) is 3.92. The standard InChI is InChI=1S/C13H10BrFO2/c1-8-2-5-13(17-8)12(16)7-9-6-10(14)3-4-11(9)15/h2-6H,7H2,1H3. The molecule has 0 aliphatic carbocycles. The molecule has 0 saturated heterocycles.